The molecule has 0 bridgehead atoms. The Morgan fingerprint density at radius 2 is 1.73 bits per heavy atom. The van der Waals surface area contributed by atoms with E-state index in [9.17, 15) is 9.59 Å². The molecule has 0 saturated carbocycles. The van der Waals surface area contributed by atoms with Crippen LogP contribution in [-0.2, 0) is 10.5 Å². The number of amides is 2. The minimum Gasteiger partial charge on any atom is -0.350 e. The normalized spacial score (nSPS) is 11.6. The van der Waals surface area contributed by atoms with Crippen LogP contribution in [0.3, 0.4) is 0 Å². The summed E-state index contributed by atoms with van der Waals surface area (Å²) in [5, 5.41) is 5.80. The van der Waals surface area contributed by atoms with Crippen molar-refractivity contribution in [3.63, 3.8) is 0 Å². The molecule has 4 nitrogen and oxygen atoms in total. The largest absolute Gasteiger partial charge is 0.350 e. The highest BCUT2D eigenvalue weighted by Gasteiger charge is 2.14. The Balaban J connectivity index is 1.84. The van der Waals surface area contributed by atoms with Gasteiger partial charge in [-0.2, -0.15) is 11.8 Å². The Hall–Kier alpha value is -2.27. The lowest BCUT2D eigenvalue weighted by molar-refractivity contribution is -0.115. The van der Waals surface area contributed by atoms with Crippen LogP contribution >= 0.6 is 11.8 Å². The molecule has 5 heteroatoms. The van der Waals surface area contributed by atoms with E-state index in [1.165, 1.54) is 5.56 Å². The van der Waals surface area contributed by atoms with Gasteiger partial charge < -0.3 is 10.6 Å². The molecule has 2 aromatic rings. The fourth-order valence-corrected chi connectivity index (χ4v) is 3.24. The fourth-order valence-electron chi connectivity index (χ4n) is 2.34. The van der Waals surface area contributed by atoms with Crippen molar-refractivity contribution in [2.24, 2.45) is 0 Å². The topological polar surface area (TPSA) is 58.2 Å². The number of thioether (sulfide) groups is 1. The van der Waals surface area contributed by atoms with Crippen molar-refractivity contribution in [2.45, 2.75) is 38.5 Å². The first-order valence-electron chi connectivity index (χ1n) is 8.91. The summed E-state index contributed by atoms with van der Waals surface area (Å²) >= 11 is 1.73. The van der Waals surface area contributed by atoms with Crippen molar-refractivity contribution in [3.8, 4) is 0 Å². The number of anilines is 1. The fraction of sp³-hybridized carbons (Fsp3) is 0.333. The molecule has 0 radical (unpaired) electrons. The van der Waals surface area contributed by atoms with Gasteiger partial charge in [-0.1, -0.05) is 49.4 Å². The Kier molecular flexibility index (Phi) is 8.22. The predicted octanol–water partition coefficient (Wildman–Crippen LogP) is 4.48. The summed E-state index contributed by atoms with van der Waals surface area (Å²) in [5.74, 6) is 1.40. The van der Waals surface area contributed by atoms with E-state index < -0.39 is 0 Å². The maximum atomic E-state index is 12.4. The van der Waals surface area contributed by atoms with Crippen molar-refractivity contribution in [3.05, 3.63) is 65.7 Å². The zero-order valence-corrected chi connectivity index (χ0v) is 16.1. The van der Waals surface area contributed by atoms with E-state index in [1.54, 1.807) is 30.0 Å². The maximum Gasteiger partial charge on any atom is 0.253 e. The first kappa shape index (κ1) is 20.0. The summed E-state index contributed by atoms with van der Waals surface area (Å²) in [4.78, 5) is 24.6. The lowest BCUT2D eigenvalue weighted by Gasteiger charge is -2.14. The molecule has 2 aromatic carbocycles. The Labute approximate surface area is 159 Å². The number of carbonyl (C=O) groups is 2. The van der Waals surface area contributed by atoms with Crippen LogP contribution in [0.2, 0.25) is 0 Å². The summed E-state index contributed by atoms with van der Waals surface area (Å²) in [5.41, 5.74) is 2.31. The molecule has 26 heavy (non-hydrogen) atoms. The zero-order chi connectivity index (χ0) is 18.8. The molecular weight excluding hydrogens is 344 g/mol. The number of benzene rings is 2. The average Bonchev–Trinajstić information content (AvgIpc) is 2.66. The van der Waals surface area contributed by atoms with Gasteiger partial charge in [0.25, 0.3) is 5.91 Å². The Morgan fingerprint density at radius 1 is 1.04 bits per heavy atom. The molecule has 0 aliphatic carbocycles. The van der Waals surface area contributed by atoms with E-state index in [0.29, 0.717) is 17.7 Å². The predicted molar refractivity (Wildman–Crippen MR) is 110 cm³/mol. The van der Waals surface area contributed by atoms with Crippen LogP contribution in [0.15, 0.2) is 54.6 Å². The molecule has 0 fully saturated rings. The van der Waals surface area contributed by atoms with E-state index in [4.69, 9.17) is 0 Å². The molecule has 2 amide bonds. The first-order valence-corrected chi connectivity index (χ1v) is 10.1. The third-order valence-electron chi connectivity index (χ3n) is 4.02. The van der Waals surface area contributed by atoms with Gasteiger partial charge in [-0.3, -0.25) is 9.59 Å². The van der Waals surface area contributed by atoms with Crippen molar-refractivity contribution in [1.29, 1.82) is 0 Å². The van der Waals surface area contributed by atoms with Gasteiger partial charge >= 0.3 is 0 Å². The first-order chi connectivity index (χ1) is 12.6. The summed E-state index contributed by atoms with van der Waals surface area (Å²) in [6.45, 7) is 3.98. The summed E-state index contributed by atoms with van der Waals surface area (Å²) in [7, 11) is 0. The molecule has 138 valence electrons. The summed E-state index contributed by atoms with van der Waals surface area (Å²) in [6, 6.07) is 17.4. The van der Waals surface area contributed by atoms with Gasteiger partial charge in [-0.25, -0.2) is 0 Å². The molecule has 0 spiro atoms. The lowest BCUT2D eigenvalue weighted by Crippen LogP contribution is -2.32. The van der Waals surface area contributed by atoms with Crippen molar-refractivity contribution < 1.29 is 9.59 Å². The number of hydrogen-bond acceptors (Lipinski definition) is 3. The number of para-hydroxylation sites is 1. The van der Waals surface area contributed by atoms with Gasteiger partial charge in [-0.15, -0.1) is 0 Å². The van der Waals surface area contributed by atoms with Gasteiger partial charge in [0.05, 0.1) is 11.3 Å². The number of nitrogens with one attached hydrogen (secondary N) is 2. The highest BCUT2D eigenvalue weighted by Crippen LogP contribution is 2.17. The third-order valence-corrected chi connectivity index (χ3v) is 5.05. The van der Waals surface area contributed by atoms with E-state index in [-0.39, 0.29) is 17.9 Å². The van der Waals surface area contributed by atoms with Gasteiger partial charge in [-0.05, 0) is 31.0 Å². The highest BCUT2D eigenvalue weighted by molar-refractivity contribution is 7.98. The maximum absolute atomic E-state index is 12.4. The SMILES string of the molecule is CC[C@@H](C)NC(=O)c1ccccc1NC(=O)CCSCc1ccccc1. The molecule has 0 aliphatic heterocycles. The molecular formula is C21H26N2O2S. The monoisotopic (exact) mass is 370 g/mol. The van der Waals surface area contributed by atoms with Crippen LogP contribution in [-0.4, -0.2) is 23.6 Å². The van der Waals surface area contributed by atoms with Gasteiger partial charge in [0.1, 0.15) is 0 Å². The van der Waals surface area contributed by atoms with Gasteiger partial charge in [0, 0.05) is 24.0 Å². The second-order valence-corrected chi connectivity index (χ2v) is 7.27. The highest BCUT2D eigenvalue weighted by atomic mass is 32.2. The van der Waals surface area contributed by atoms with Crippen LogP contribution < -0.4 is 10.6 Å². The number of hydrogen-bond donors (Lipinski definition) is 2. The van der Waals surface area contributed by atoms with Crippen molar-refractivity contribution >= 4 is 29.3 Å². The minimum absolute atomic E-state index is 0.0747. The van der Waals surface area contributed by atoms with E-state index in [2.05, 4.69) is 22.8 Å². The summed E-state index contributed by atoms with van der Waals surface area (Å²) < 4.78 is 0. The second kappa shape index (κ2) is 10.7. The van der Waals surface area contributed by atoms with Crippen molar-refractivity contribution in [2.75, 3.05) is 11.1 Å². The quantitative estimate of drug-likeness (QED) is 0.640. The molecule has 0 aliphatic rings. The van der Waals surface area contributed by atoms with Crippen LogP contribution in [0, 0.1) is 0 Å². The molecule has 0 unspecified atom stereocenters. The standard InChI is InChI=1S/C21H26N2O2S/c1-3-16(2)22-21(25)18-11-7-8-12-19(18)23-20(24)13-14-26-15-17-9-5-4-6-10-17/h4-12,16H,3,13-15H2,1-2H3,(H,22,25)(H,23,24)/t16-/m1/s1. The summed E-state index contributed by atoms with van der Waals surface area (Å²) in [6.07, 6.45) is 1.28. The Bertz CT molecular complexity index is 719. The van der Waals surface area contributed by atoms with Crippen LogP contribution in [0.1, 0.15) is 42.6 Å². The number of carbonyl (C=O) groups excluding carboxylic acids is 2. The van der Waals surface area contributed by atoms with Crippen molar-refractivity contribution in [1.82, 2.24) is 5.32 Å². The molecule has 0 heterocycles. The zero-order valence-electron chi connectivity index (χ0n) is 15.3. The number of rotatable bonds is 9. The minimum atomic E-state index is -0.159. The molecule has 1 atom stereocenters. The van der Waals surface area contributed by atoms with E-state index in [0.717, 1.165) is 17.9 Å². The van der Waals surface area contributed by atoms with Gasteiger partial charge in [0.15, 0.2) is 0 Å². The van der Waals surface area contributed by atoms with Crippen LogP contribution in [0.25, 0.3) is 0 Å². The molecule has 0 aromatic heterocycles. The van der Waals surface area contributed by atoms with E-state index >= 15 is 0 Å². The lowest BCUT2D eigenvalue weighted by atomic mass is 10.1. The molecule has 0 saturated heterocycles. The van der Waals surface area contributed by atoms with E-state index in [1.807, 2.05) is 38.1 Å². The average molecular weight is 371 g/mol. The van der Waals surface area contributed by atoms with Gasteiger partial charge in [0.2, 0.25) is 5.91 Å². The van der Waals surface area contributed by atoms with Crippen LogP contribution in [0.5, 0.6) is 0 Å². The Morgan fingerprint density at radius 3 is 2.46 bits per heavy atom. The third kappa shape index (κ3) is 6.56. The molecule has 2 N–H and O–H groups in total. The molecule has 2 rings (SSSR count). The second-order valence-electron chi connectivity index (χ2n) is 6.16. The smallest absolute Gasteiger partial charge is 0.253 e. The van der Waals surface area contributed by atoms with Crippen LogP contribution in [0.4, 0.5) is 5.69 Å².